The van der Waals surface area contributed by atoms with Gasteiger partial charge in [0.1, 0.15) is 11.8 Å². The van der Waals surface area contributed by atoms with Crippen LogP contribution in [0.2, 0.25) is 0 Å². The monoisotopic (exact) mass is 488 g/mol. The summed E-state index contributed by atoms with van der Waals surface area (Å²) < 4.78 is 5.47. The highest BCUT2D eigenvalue weighted by atomic mass is 32.1. The van der Waals surface area contributed by atoms with Crippen molar-refractivity contribution in [2.24, 2.45) is 0 Å². The molecule has 178 valence electrons. The Labute approximate surface area is 208 Å². The fraction of sp³-hybridized carbons (Fsp3) is 0.154. The topological polar surface area (TPSA) is 91.0 Å². The molecule has 3 aromatic carbocycles. The summed E-state index contributed by atoms with van der Waals surface area (Å²) in [5.74, 6) is -0.637. The zero-order chi connectivity index (χ0) is 24.8. The van der Waals surface area contributed by atoms with Crippen LogP contribution in [0, 0.1) is 0 Å². The van der Waals surface area contributed by atoms with Gasteiger partial charge in [-0.25, -0.2) is 5.01 Å². The van der Waals surface area contributed by atoms with E-state index in [1.807, 2.05) is 13.0 Å². The highest BCUT2D eigenvalue weighted by Crippen LogP contribution is 2.26. The lowest BCUT2D eigenvalue weighted by Crippen LogP contribution is -2.49. The van der Waals surface area contributed by atoms with Crippen molar-refractivity contribution in [3.8, 4) is 5.75 Å². The first-order valence-electron chi connectivity index (χ1n) is 11.1. The van der Waals surface area contributed by atoms with E-state index >= 15 is 0 Å². The molecule has 1 fully saturated rings. The largest absolute Gasteiger partial charge is 0.494 e. The number of rotatable bonds is 8. The number of thiocarbonyl (C=S) groups is 1. The Morgan fingerprint density at radius 3 is 2.34 bits per heavy atom. The first-order valence-corrected chi connectivity index (χ1v) is 11.5. The van der Waals surface area contributed by atoms with E-state index in [0.29, 0.717) is 29.3 Å². The molecule has 0 radical (unpaired) electrons. The molecule has 9 heteroatoms. The van der Waals surface area contributed by atoms with Gasteiger partial charge >= 0.3 is 0 Å². The third kappa shape index (κ3) is 5.47. The predicted molar refractivity (Wildman–Crippen MR) is 137 cm³/mol. The highest BCUT2D eigenvalue weighted by molar-refractivity contribution is 7.80. The normalized spacial score (nSPS) is 15.2. The number of carbonyl (C=O) groups is 3. The van der Waals surface area contributed by atoms with E-state index in [4.69, 9.17) is 17.0 Å². The van der Waals surface area contributed by atoms with Crippen molar-refractivity contribution in [1.29, 1.82) is 0 Å². The molecule has 35 heavy (non-hydrogen) atoms. The second-order valence-corrected chi connectivity index (χ2v) is 8.06. The van der Waals surface area contributed by atoms with E-state index in [-0.39, 0.29) is 11.5 Å². The number of hydrazine groups is 1. The molecule has 1 heterocycles. The molecule has 1 atom stereocenters. The van der Waals surface area contributed by atoms with Crippen molar-refractivity contribution in [2.45, 2.75) is 19.4 Å². The average molecular weight is 489 g/mol. The van der Waals surface area contributed by atoms with Gasteiger partial charge in [-0.05, 0) is 55.5 Å². The summed E-state index contributed by atoms with van der Waals surface area (Å²) in [6.07, 6.45) is -0.226. The van der Waals surface area contributed by atoms with Gasteiger partial charge in [0.15, 0.2) is 0 Å². The van der Waals surface area contributed by atoms with Crippen LogP contribution in [0.5, 0.6) is 5.75 Å². The van der Waals surface area contributed by atoms with Gasteiger partial charge in [0.25, 0.3) is 11.8 Å². The van der Waals surface area contributed by atoms with Crippen LogP contribution in [0.15, 0.2) is 84.9 Å². The maximum absolute atomic E-state index is 13.4. The number of anilines is 2. The van der Waals surface area contributed by atoms with E-state index in [9.17, 15) is 14.4 Å². The van der Waals surface area contributed by atoms with Crippen LogP contribution in [0.4, 0.5) is 11.4 Å². The van der Waals surface area contributed by atoms with Crippen molar-refractivity contribution in [3.63, 3.8) is 0 Å². The number of ether oxygens (including phenoxy) is 1. The van der Waals surface area contributed by atoms with Gasteiger partial charge in [0.05, 0.1) is 18.7 Å². The second-order valence-electron chi connectivity index (χ2n) is 7.70. The predicted octanol–water partition coefficient (Wildman–Crippen LogP) is 3.76. The summed E-state index contributed by atoms with van der Waals surface area (Å²) in [5, 5.41) is 4.16. The third-order valence-electron chi connectivity index (χ3n) is 5.29. The van der Waals surface area contributed by atoms with Gasteiger partial charge in [-0.3, -0.25) is 24.7 Å². The summed E-state index contributed by atoms with van der Waals surface area (Å²) in [6, 6.07) is 23.4. The standard InChI is InChI=1S/C26H24N4O4S/c1-2-34-21-15-9-12-19(16-21)27-23(31)17-22-25(33)29(20-13-7-4-8-14-20)26(35)30(22)28-24(32)18-10-5-3-6-11-18/h3-16,22H,2,17H2,1H3,(H,27,31)(H,28,32). The molecular formula is C26H24N4O4S. The van der Waals surface area contributed by atoms with E-state index in [2.05, 4.69) is 10.7 Å². The average Bonchev–Trinajstić information content (AvgIpc) is 3.09. The van der Waals surface area contributed by atoms with Crippen molar-refractivity contribution < 1.29 is 19.1 Å². The Morgan fingerprint density at radius 1 is 0.971 bits per heavy atom. The first kappa shape index (κ1) is 23.9. The maximum atomic E-state index is 13.4. The summed E-state index contributed by atoms with van der Waals surface area (Å²) in [6.45, 7) is 2.37. The number of nitrogens with one attached hydrogen (secondary N) is 2. The van der Waals surface area contributed by atoms with E-state index in [0.717, 1.165) is 0 Å². The Hall–Kier alpha value is -4.24. The van der Waals surface area contributed by atoms with Crippen LogP contribution in [-0.2, 0) is 9.59 Å². The van der Waals surface area contributed by atoms with Crippen molar-refractivity contribution in [1.82, 2.24) is 10.4 Å². The summed E-state index contributed by atoms with van der Waals surface area (Å²) >= 11 is 5.56. The molecule has 1 aliphatic heterocycles. The van der Waals surface area contributed by atoms with Crippen LogP contribution in [0.1, 0.15) is 23.7 Å². The number of para-hydroxylation sites is 1. The molecule has 0 saturated carbocycles. The van der Waals surface area contributed by atoms with Gasteiger partial charge < -0.3 is 10.1 Å². The molecule has 1 aliphatic rings. The fourth-order valence-electron chi connectivity index (χ4n) is 3.70. The van der Waals surface area contributed by atoms with Gasteiger partial charge in [-0.1, -0.05) is 42.5 Å². The van der Waals surface area contributed by atoms with Crippen LogP contribution >= 0.6 is 12.2 Å². The molecule has 0 aliphatic carbocycles. The minimum absolute atomic E-state index is 0.0848. The molecule has 0 bridgehead atoms. The number of amides is 3. The minimum atomic E-state index is -1.02. The number of nitrogens with zero attached hydrogens (tertiary/aromatic N) is 2. The molecule has 2 N–H and O–H groups in total. The Morgan fingerprint density at radius 2 is 1.66 bits per heavy atom. The molecule has 0 aromatic heterocycles. The van der Waals surface area contributed by atoms with Crippen LogP contribution in [0.25, 0.3) is 0 Å². The second kappa shape index (κ2) is 10.8. The fourth-order valence-corrected chi connectivity index (χ4v) is 4.06. The SMILES string of the molecule is CCOc1cccc(NC(=O)CC2C(=O)N(c3ccccc3)C(=S)N2NC(=O)c2ccccc2)c1. The van der Waals surface area contributed by atoms with E-state index in [1.54, 1.807) is 78.9 Å². The minimum Gasteiger partial charge on any atom is -0.494 e. The maximum Gasteiger partial charge on any atom is 0.269 e. The van der Waals surface area contributed by atoms with Gasteiger partial charge in [0, 0.05) is 17.3 Å². The third-order valence-corrected chi connectivity index (χ3v) is 5.67. The molecular weight excluding hydrogens is 464 g/mol. The smallest absolute Gasteiger partial charge is 0.269 e. The zero-order valence-electron chi connectivity index (χ0n) is 19.0. The first-order chi connectivity index (χ1) is 17.0. The molecule has 1 unspecified atom stereocenters. The lowest BCUT2D eigenvalue weighted by atomic mass is 10.1. The van der Waals surface area contributed by atoms with Crippen LogP contribution in [0.3, 0.4) is 0 Å². The van der Waals surface area contributed by atoms with Gasteiger partial charge in [-0.2, -0.15) is 0 Å². The molecule has 4 rings (SSSR count). The number of hydrogen-bond acceptors (Lipinski definition) is 5. The molecule has 3 aromatic rings. The number of hydrogen-bond donors (Lipinski definition) is 2. The summed E-state index contributed by atoms with van der Waals surface area (Å²) in [5.41, 5.74) is 4.20. The summed E-state index contributed by atoms with van der Waals surface area (Å²) in [4.78, 5) is 40.5. The molecule has 3 amide bonds. The van der Waals surface area contributed by atoms with Crippen molar-refractivity contribution in [2.75, 3.05) is 16.8 Å². The highest BCUT2D eigenvalue weighted by Gasteiger charge is 2.45. The van der Waals surface area contributed by atoms with E-state index < -0.39 is 23.8 Å². The summed E-state index contributed by atoms with van der Waals surface area (Å²) in [7, 11) is 0. The lowest BCUT2D eigenvalue weighted by molar-refractivity contribution is -0.124. The Bertz CT molecular complexity index is 1240. The Kier molecular flexibility index (Phi) is 7.37. The van der Waals surface area contributed by atoms with Crippen molar-refractivity contribution >= 4 is 46.4 Å². The van der Waals surface area contributed by atoms with Gasteiger partial charge in [-0.15, -0.1) is 0 Å². The Balaban J connectivity index is 1.56. The number of benzene rings is 3. The van der Waals surface area contributed by atoms with Crippen LogP contribution < -0.4 is 20.4 Å². The van der Waals surface area contributed by atoms with Crippen LogP contribution in [-0.4, -0.2) is 40.5 Å². The molecule has 8 nitrogen and oxygen atoms in total. The van der Waals surface area contributed by atoms with Gasteiger partial charge in [0.2, 0.25) is 11.0 Å². The zero-order valence-corrected chi connectivity index (χ0v) is 19.8. The lowest BCUT2D eigenvalue weighted by Gasteiger charge is -2.24. The number of carbonyl (C=O) groups excluding carboxylic acids is 3. The molecule has 0 spiro atoms. The molecule has 1 saturated heterocycles. The van der Waals surface area contributed by atoms with Crippen molar-refractivity contribution in [3.05, 3.63) is 90.5 Å². The van der Waals surface area contributed by atoms with E-state index in [1.165, 1.54) is 9.91 Å². The quantitative estimate of drug-likeness (QED) is 0.469.